The summed E-state index contributed by atoms with van der Waals surface area (Å²) in [5.74, 6) is -1.10. The molecule has 2 amide bonds. The van der Waals surface area contributed by atoms with Crippen LogP contribution in [-0.4, -0.2) is 59.8 Å². The van der Waals surface area contributed by atoms with Gasteiger partial charge in [-0.1, -0.05) is 50.6 Å². The molecular formula is C29H35ClN2O5S. The first-order chi connectivity index (χ1) is 18.0. The summed E-state index contributed by atoms with van der Waals surface area (Å²) in [7, 11) is 1.62. The van der Waals surface area contributed by atoms with Crippen molar-refractivity contribution in [3.63, 3.8) is 0 Å². The molecule has 3 atom stereocenters. The van der Waals surface area contributed by atoms with Crippen molar-refractivity contribution in [2.24, 2.45) is 11.3 Å². The highest BCUT2D eigenvalue weighted by Crippen LogP contribution is 2.50. The average Bonchev–Trinajstić information content (AvgIpc) is 2.98. The lowest BCUT2D eigenvalue weighted by molar-refractivity contribution is -0.146. The van der Waals surface area contributed by atoms with Gasteiger partial charge in [0.15, 0.2) is 0 Å². The van der Waals surface area contributed by atoms with Crippen LogP contribution in [0.2, 0.25) is 5.02 Å². The van der Waals surface area contributed by atoms with E-state index in [1.165, 1.54) is 11.8 Å². The number of piperidine rings is 1. The fraction of sp³-hybridized carbons (Fsp3) is 0.483. The molecule has 38 heavy (non-hydrogen) atoms. The molecular weight excluding hydrogens is 524 g/mol. The number of aliphatic carboxylic acids is 1. The molecule has 2 aliphatic rings. The molecule has 0 aliphatic carbocycles. The molecule has 204 valence electrons. The van der Waals surface area contributed by atoms with Crippen molar-refractivity contribution in [1.82, 2.24) is 4.90 Å². The Kier molecular flexibility index (Phi) is 8.62. The minimum atomic E-state index is -0.887. The Balaban J connectivity index is 1.76. The number of hydrogen-bond donors (Lipinski definition) is 1. The Labute approximate surface area is 233 Å². The van der Waals surface area contributed by atoms with E-state index in [1.807, 2.05) is 36.4 Å². The first kappa shape index (κ1) is 28.3. The number of methoxy groups -OCH3 is 1. The normalized spacial score (nSPS) is 22.0. The van der Waals surface area contributed by atoms with Crippen LogP contribution >= 0.6 is 23.4 Å². The molecule has 2 aromatic rings. The SMILES string of the molecule is COc1ccccc1C1SC(CC(=O)N2CCCC(C(=O)O)C2)C(=O)N(CC(C)(C)C)c2ccc(Cl)cc21. The molecule has 7 nitrogen and oxygen atoms in total. The van der Waals surface area contributed by atoms with Gasteiger partial charge in [-0.25, -0.2) is 0 Å². The maximum Gasteiger partial charge on any atom is 0.308 e. The van der Waals surface area contributed by atoms with Gasteiger partial charge in [-0.15, -0.1) is 11.8 Å². The Hall–Kier alpha value is -2.71. The van der Waals surface area contributed by atoms with E-state index in [-0.39, 0.29) is 35.4 Å². The van der Waals surface area contributed by atoms with Crippen molar-refractivity contribution in [3.05, 3.63) is 58.6 Å². The van der Waals surface area contributed by atoms with Crippen LogP contribution in [0.15, 0.2) is 42.5 Å². The van der Waals surface area contributed by atoms with Crippen LogP contribution in [0.5, 0.6) is 5.75 Å². The van der Waals surface area contributed by atoms with Crippen molar-refractivity contribution >= 4 is 46.8 Å². The van der Waals surface area contributed by atoms with Gasteiger partial charge in [-0.2, -0.15) is 0 Å². The van der Waals surface area contributed by atoms with E-state index in [9.17, 15) is 19.5 Å². The van der Waals surface area contributed by atoms with E-state index in [1.54, 1.807) is 23.0 Å². The van der Waals surface area contributed by atoms with Crippen molar-refractivity contribution in [2.75, 3.05) is 31.6 Å². The highest BCUT2D eigenvalue weighted by Gasteiger charge is 2.40. The molecule has 2 aromatic carbocycles. The number of anilines is 1. The number of carboxylic acids is 1. The van der Waals surface area contributed by atoms with Crippen LogP contribution in [-0.2, 0) is 14.4 Å². The molecule has 9 heteroatoms. The van der Waals surface area contributed by atoms with Gasteiger partial charge in [0.1, 0.15) is 5.75 Å². The molecule has 0 radical (unpaired) electrons. The van der Waals surface area contributed by atoms with Gasteiger partial charge in [0.2, 0.25) is 11.8 Å². The number of thioether (sulfide) groups is 1. The number of hydrogen-bond acceptors (Lipinski definition) is 5. The van der Waals surface area contributed by atoms with Gasteiger partial charge < -0.3 is 19.6 Å². The van der Waals surface area contributed by atoms with Crippen LogP contribution in [0.1, 0.15) is 56.4 Å². The van der Waals surface area contributed by atoms with E-state index >= 15 is 0 Å². The van der Waals surface area contributed by atoms with Crippen LogP contribution in [0, 0.1) is 11.3 Å². The molecule has 0 saturated carbocycles. The summed E-state index contributed by atoms with van der Waals surface area (Å²) in [6.45, 7) is 7.38. The number of carbonyl (C=O) groups is 3. The standard InChI is InChI=1S/C29H35ClN2O5S/c1-29(2,3)17-32-22-12-11-19(30)14-21(22)26(20-9-5-6-10-23(20)37-4)38-24(27(32)34)15-25(33)31-13-7-8-18(16-31)28(35)36/h5-6,9-12,14,18,24,26H,7-8,13,15-17H2,1-4H3,(H,35,36). The van der Waals surface area contributed by atoms with E-state index in [2.05, 4.69) is 20.8 Å². The average molecular weight is 559 g/mol. The Morgan fingerprint density at radius 2 is 1.89 bits per heavy atom. The first-order valence-electron chi connectivity index (χ1n) is 12.9. The zero-order chi connectivity index (χ0) is 27.6. The molecule has 1 N–H and O–H groups in total. The fourth-order valence-corrected chi connectivity index (χ4v) is 6.83. The number of benzene rings is 2. The first-order valence-corrected chi connectivity index (χ1v) is 14.2. The topological polar surface area (TPSA) is 87.1 Å². The molecule has 1 saturated heterocycles. The van der Waals surface area contributed by atoms with Crippen molar-refractivity contribution in [2.45, 2.75) is 50.5 Å². The van der Waals surface area contributed by atoms with Gasteiger partial charge in [0, 0.05) is 42.3 Å². The predicted octanol–water partition coefficient (Wildman–Crippen LogP) is 5.65. The van der Waals surface area contributed by atoms with Crippen molar-refractivity contribution < 1.29 is 24.2 Å². The number of ether oxygens (including phenoxy) is 1. The highest BCUT2D eigenvalue weighted by atomic mass is 35.5. The molecule has 0 aromatic heterocycles. The maximum atomic E-state index is 14.2. The summed E-state index contributed by atoms with van der Waals surface area (Å²) in [6, 6.07) is 13.3. The lowest BCUT2D eigenvalue weighted by atomic mass is 9.94. The number of para-hydroxylation sites is 1. The third kappa shape index (κ3) is 6.29. The summed E-state index contributed by atoms with van der Waals surface area (Å²) in [4.78, 5) is 42.6. The van der Waals surface area contributed by atoms with E-state index in [4.69, 9.17) is 16.3 Å². The molecule has 0 bridgehead atoms. The minimum Gasteiger partial charge on any atom is -0.496 e. The molecule has 4 rings (SSSR count). The zero-order valence-corrected chi connectivity index (χ0v) is 23.8. The fourth-order valence-electron chi connectivity index (χ4n) is 5.16. The molecule has 1 fully saturated rings. The van der Waals surface area contributed by atoms with Gasteiger partial charge in [0.25, 0.3) is 0 Å². The second kappa shape index (κ2) is 11.6. The summed E-state index contributed by atoms with van der Waals surface area (Å²) < 4.78 is 5.69. The van der Waals surface area contributed by atoms with Crippen molar-refractivity contribution in [3.8, 4) is 5.75 Å². The second-order valence-electron chi connectivity index (χ2n) is 11.2. The summed E-state index contributed by atoms with van der Waals surface area (Å²) >= 11 is 7.91. The quantitative estimate of drug-likeness (QED) is 0.493. The van der Waals surface area contributed by atoms with Gasteiger partial charge in [-0.3, -0.25) is 14.4 Å². The van der Waals surface area contributed by atoms with E-state index in [0.29, 0.717) is 36.7 Å². The molecule has 2 aliphatic heterocycles. The lowest BCUT2D eigenvalue weighted by Crippen LogP contribution is -2.46. The van der Waals surface area contributed by atoms with Gasteiger partial charge in [-0.05, 0) is 48.1 Å². The molecule has 2 heterocycles. The van der Waals surface area contributed by atoms with E-state index < -0.39 is 17.1 Å². The Bertz CT molecular complexity index is 1210. The number of likely N-dealkylation sites (tertiary alicyclic amines) is 1. The number of carbonyl (C=O) groups excluding carboxylic acids is 2. The van der Waals surface area contributed by atoms with E-state index in [0.717, 1.165) is 16.8 Å². The second-order valence-corrected chi connectivity index (χ2v) is 12.9. The monoisotopic (exact) mass is 558 g/mol. The third-order valence-corrected chi connectivity index (χ3v) is 8.65. The van der Waals surface area contributed by atoms with Crippen molar-refractivity contribution in [1.29, 1.82) is 0 Å². The highest BCUT2D eigenvalue weighted by molar-refractivity contribution is 8.01. The number of amides is 2. The van der Waals surface area contributed by atoms with Crippen LogP contribution in [0.3, 0.4) is 0 Å². The lowest BCUT2D eigenvalue weighted by Gasteiger charge is -2.33. The molecule has 3 unspecified atom stereocenters. The van der Waals surface area contributed by atoms with Crippen LogP contribution in [0.25, 0.3) is 0 Å². The van der Waals surface area contributed by atoms with Gasteiger partial charge in [0.05, 0.1) is 23.5 Å². The smallest absolute Gasteiger partial charge is 0.308 e. The number of rotatable bonds is 6. The predicted molar refractivity (Wildman–Crippen MR) is 151 cm³/mol. The van der Waals surface area contributed by atoms with Crippen LogP contribution in [0.4, 0.5) is 5.69 Å². The van der Waals surface area contributed by atoms with Crippen LogP contribution < -0.4 is 9.64 Å². The Morgan fingerprint density at radius 1 is 1.16 bits per heavy atom. The summed E-state index contributed by atoms with van der Waals surface area (Å²) in [6.07, 6.45) is 1.18. The summed E-state index contributed by atoms with van der Waals surface area (Å²) in [5.41, 5.74) is 2.37. The number of halogens is 1. The number of nitrogens with zero attached hydrogens (tertiary/aromatic N) is 2. The Morgan fingerprint density at radius 3 is 2.58 bits per heavy atom. The number of carboxylic acid groups (broad SMARTS) is 1. The molecule has 0 spiro atoms. The largest absolute Gasteiger partial charge is 0.496 e. The zero-order valence-electron chi connectivity index (χ0n) is 22.3. The summed E-state index contributed by atoms with van der Waals surface area (Å²) in [5, 5.41) is 9.08. The maximum absolute atomic E-state index is 14.2. The minimum absolute atomic E-state index is 0.0101. The third-order valence-electron chi connectivity index (χ3n) is 6.94. The van der Waals surface area contributed by atoms with Gasteiger partial charge >= 0.3 is 5.97 Å². The number of fused-ring (bicyclic) bond motifs is 1.